The molecule has 136 valence electrons. The van der Waals surface area contributed by atoms with Crippen LogP contribution < -0.4 is 4.90 Å². The van der Waals surface area contributed by atoms with Crippen LogP contribution in [-0.4, -0.2) is 50.2 Å². The molecule has 4 heteroatoms. The quantitative estimate of drug-likeness (QED) is 0.828. The summed E-state index contributed by atoms with van der Waals surface area (Å²) in [7, 11) is 0. The summed E-state index contributed by atoms with van der Waals surface area (Å²) in [4.78, 5) is 17.1. The summed E-state index contributed by atoms with van der Waals surface area (Å²) in [5.41, 5.74) is 3.30. The van der Waals surface area contributed by atoms with Crippen LogP contribution in [0.4, 0.5) is 5.69 Å². The molecule has 2 aromatic carbocycles. The second kappa shape index (κ2) is 8.02. The molecule has 2 aromatic rings. The SMILES string of the molecule is O=C1CN(CCC2CCOC2)CCN1c1ccccc1-c1ccccc1. The van der Waals surface area contributed by atoms with Crippen LogP contribution in [0.5, 0.6) is 0 Å². The van der Waals surface area contributed by atoms with E-state index < -0.39 is 0 Å². The number of ether oxygens (including phenoxy) is 1. The molecule has 1 atom stereocenters. The minimum atomic E-state index is 0.197. The molecule has 2 heterocycles. The van der Waals surface area contributed by atoms with Gasteiger partial charge in [-0.15, -0.1) is 0 Å². The predicted octanol–water partition coefficient (Wildman–Crippen LogP) is 3.43. The largest absolute Gasteiger partial charge is 0.381 e. The van der Waals surface area contributed by atoms with Gasteiger partial charge in [-0.3, -0.25) is 9.69 Å². The lowest BCUT2D eigenvalue weighted by atomic mass is 10.0. The Hall–Kier alpha value is -2.17. The highest BCUT2D eigenvalue weighted by molar-refractivity contribution is 5.99. The number of anilines is 1. The van der Waals surface area contributed by atoms with E-state index in [0.29, 0.717) is 12.5 Å². The van der Waals surface area contributed by atoms with Crippen LogP contribution in [0, 0.1) is 5.92 Å². The van der Waals surface area contributed by atoms with Gasteiger partial charge in [0.05, 0.1) is 12.2 Å². The molecule has 2 saturated heterocycles. The number of hydrogen-bond donors (Lipinski definition) is 0. The first-order valence-corrected chi connectivity index (χ1v) is 9.56. The maximum absolute atomic E-state index is 12.8. The Morgan fingerprint density at radius 2 is 1.81 bits per heavy atom. The van der Waals surface area contributed by atoms with Gasteiger partial charge in [-0.25, -0.2) is 0 Å². The van der Waals surface area contributed by atoms with Gasteiger partial charge in [0.25, 0.3) is 0 Å². The Morgan fingerprint density at radius 1 is 1.00 bits per heavy atom. The standard InChI is InChI=1S/C22H26N2O2/c25-22-16-23(12-10-18-11-15-26-17-18)13-14-24(22)21-9-5-4-8-20(21)19-6-2-1-3-7-19/h1-9,18H,10-17H2. The summed E-state index contributed by atoms with van der Waals surface area (Å²) < 4.78 is 5.45. The van der Waals surface area contributed by atoms with Crippen molar-refractivity contribution in [3.8, 4) is 11.1 Å². The highest BCUT2D eigenvalue weighted by Crippen LogP contribution is 2.31. The summed E-state index contributed by atoms with van der Waals surface area (Å²) in [5, 5.41) is 0. The number of carbonyl (C=O) groups excluding carboxylic acids is 1. The molecule has 26 heavy (non-hydrogen) atoms. The molecule has 2 aliphatic heterocycles. The van der Waals surface area contributed by atoms with Crippen LogP contribution in [-0.2, 0) is 9.53 Å². The molecule has 1 amide bonds. The summed E-state index contributed by atoms with van der Waals surface area (Å²) in [6.07, 6.45) is 2.30. The molecule has 2 aliphatic rings. The molecule has 4 nitrogen and oxygen atoms in total. The first kappa shape index (κ1) is 17.3. The Kier molecular flexibility index (Phi) is 5.32. The van der Waals surface area contributed by atoms with Crippen molar-refractivity contribution in [2.24, 2.45) is 5.92 Å². The van der Waals surface area contributed by atoms with E-state index in [1.165, 1.54) is 6.42 Å². The maximum atomic E-state index is 12.8. The molecule has 1 unspecified atom stereocenters. The van der Waals surface area contributed by atoms with Crippen LogP contribution in [0.15, 0.2) is 54.6 Å². The summed E-state index contributed by atoms with van der Waals surface area (Å²) >= 11 is 0. The van der Waals surface area contributed by atoms with Crippen molar-refractivity contribution in [2.45, 2.75) is 12.8 Å². The molecular weight excluding hydrogens is 324 g/mol. The molecule has 0 bridgehead atoms. The van der Waals surface area contributed by atoms with Gasteiger partial charge in [-0.05, 0) is 36.9 Å². The average molecular weight is 350 g/mol. The van der Waals surface area contributed by atoms with Crippen molar-refractivity contribution in [3.63, 3.8) is 0 Å². The van der Waals surface area contributed by atoms with Crippen molar-refractivity contribution < 1.29 is 9.53 Å². The van der Waals surface area contributed by atoms with E-state index >= 15 is 0 Å². The topological polar surface area (TPSA) is 32.8 Å². The van der Waals surface area contributed by atoms with E-state index in [4.69, 9.17) is 4.74 Å². The number of rotatable bonds is 5. The minimum absolute atomic E-state index is 0.197. The zero-order valence-electron chi connectivity index (χ0n) is 15.1. The lowest BCUT2D eigenvalue weighted by molar-refractivity contribution is -0.121. The van der Waals surface area contributed by atoms with Crippen molar-refractivity contribution in [2.75, 3.05) is 44.3 Å². The molecule has 0 spiro atoms. The molecule has 0 N–H and O–H groups in total. The van der Waals surface area contributed by atoms with Gasteiger partial charge >= 0.3 is 0 Å². The van der Waals surface area contributed by atoms with Gasteiger partial charge in [0.1, 0.15) is 0 Å². The lowest BCUT2D eigenvalue weighted by Crippen LogP contribution is -2.51. The number of amides is 1. The molecule has 4 rings (SSSR count). The molecule has 0 radical (unpaired) electrons. The Bertz CT molecular complexity index is 741. The molecule has 2 fully saturated rings. The fourth-order valence-corrected chi connectivity index (χ4v) is 3.91. The van der Waals surface area contributed by atoms with Gasteiger partial charge in [-0.2, -0.15) is 0 Å². The third-order valence-corrected chi connectivity index (χ3v) is 5.46. The third kappa shape index (κ3) is 3.81. The summed E-state index contributed by atoms with van der Waals surface area (Å²) in [6, 6.07) is 18.5. The van der Waals surface area contributed by atoms with Crippen LogP contribution in [0.25, 0.3) is 11.1 Å². The normalized spacial score (nSPS) is 21.3. The van der Waals surface area contributed by atoms with Crippen molar-refractivity contribution >= 4 is 11.6 Å². The first-order valence-electron chi connectivity index (χ1n) is 9.56. The number of nitrogens with zero attached hydrogens (tertiary/aromatic N) is 2. The smallest absolute Gasteiger partial charge is 0.241 e. The highest BCUT2D eigenvalue weighted by atomic mass is 16.5. The van der Waals surface area contributed by atoms with E-state index in [9.17, 15) is 4.79 Å². The van der Waals surface area contributed by atoms with Gasteiger partial charge < -0.3 is 9.64 Å². The van der Waals surface area contributed by atoms with E-state index in [0.717, 1.165) is 56.1 Å². The number of carbonyl (C=O) groups is 1. The van der Waals surface area contributed by atoms with Crippen LogP contribution >= 0.6 is 0 Å². The fraction of sp³-hybridized carbons (Fsp3) is 0.409. The van der Waals surface area contributed by atoms with Crippen molar-refractivity contribution in [1.29, 1.82) is 0 Å². The fourth-order valence-electron chi connectivity index (χ4n) is 3.91. The summed E-state index contributed by atoms with van der Waals surface area (Å²) in [5.74, 6) is 0.865. The zero-order valence-corrected chi connectivity index (χ0v) is 15.1. The number of hydrogen-bond acceptors (Lipinski definition) is 3. The Morgan fingerprint density at radius 3 is 2.58 bits per heavy atom. The van der Waals surface area contributed by atoms with E-state index in [1.54, 1.807) is 0 Å². The van der Waals surface area contributed by atoms with E-state index in [-0.39, 0.29) is 5.91 Å². The average Bonchev–Trinajstić information content (AvgIpc) is 3.21. The van der Waals surface area contributed by atoms with Gasteiger partial charge in [-0.1, -0.05) is 48.5 Å². The molecule has 0 aliphatic carbocycles. The maximum Gasteiger partial charge on any atom is 0.241 e. The summed E-state index contributed by atoms with van der Waals surface area (Å²) in [6.45, 7) is 4.98. The molecule has 0 aromatic heterocycles. The number of piperazine rings is 1. The third-order valence-electron chi connectivity index (χ3n) is 5.46. The number of para-hydroxylation sites is 1. The second-order valence-electron chi connectivity index (χ2n) is 7.22. The first-order chi connectivity index (χ1) is 12.8. The highest BCUT2D eigenvalue weighted by Gasteiger charge is 2.27. The van der Waals surface area contributed by atoms with Crippen molar-refractivity contribution in [1.82, 2.24) is 4.90 Å². The predicted molar refractivity (Wildman–Crippen MR) is 104 cm³/mol. The van der Waals surface area contributed by atoms with Crippen LogP contribution in [0.2, 0.25) is 0 Å². The van der Waals surface area contributed by atoms with Crippen molar-refractivity contribution in [3.05, 3.63) is 54.6 Å². The second-order valence-corrected chi connectivity index (χ2v) is 7.22. The van der Waals surface area contributed by atoms with Crippen LogP contribution in [0.3, 0.4) is 0 Å². The van der Waals surface area contributed by atoms with Gasteiger partial charge in [0.15, 0.2) is 0 Å². The Balaban J connectivity index is 1.44. The molecular formula is C22H26N2O2. The van der Waals surface area contributed by atoms with E-state index in [1.807, 2.05) is 35.2 Å². The zero-order chi connectivity index (χ0) is 17.8. The van der Waals surface area contributed by atoms with Gasteiger partial charge in [0.2, 0.25) is 5.91 Å². The minimum Gasteiger partial charge on any atom is -0.381 e. The number of benzene rings is 2. The van der Waals surface area contributed by atoms with E-state index in [2.05, 4.69) is 29.2 Å². The molecule has 0 saturated carbocycles. The van der Waals surface area contributed by atoms with Crippen LogP contribution in [0.1, 0.15) is 12.8 Å². The lowest BCUT2D eigenvalue weighted by Gasteiger charge is -2.35. The Labute approximate surface area is 155 Å². The van der Waals surface area contributed by atoms with Gasteiger partial charge in [0, 0.05) is 31.9 Å². The monoisotopic (exact) mass is 350 g/mol.